The largest absolute Gasteiger partial charge is 0.479 e. The van der Waals surface area contributed by atoms with E-state index in [1.165, 1.54) is 22.5 Å². The lowest BCUT2D eigenvalue weighted by molar-refractivity contribution is 0.102. The van der Waals surface area contributed by atoms with Crippen LogP contribution in [0.2, 0.25) is 5.02 Å². The zero-order valence-corrected chi connectivity index (χ0v) is 18.4. The average Bonchev–Trinajstić information content (AvgIpc) is 3.24. The molecule has 1 amide bonds. The molecule has 0 spiro atoms. The maximum Gasteiger partial charge on any atom is 0.265 e. The molecule has 0 saturated carbocycles. The van der Waals surface area contributed by atoms with Crippen LogP contribution in [0.25, 0.3) is 0 Å². The summed E-state index contributed by atoms with van der Waals surface area (Å²) in [5.74, 6) is 0.0148. The molecule has 0 atom stereocenters. The Morgan fingerprint density at radius 3 is 2.62 bits per heavy atom. The summed E-state index contributed by atoms with van der Waals surface area (Å²) < 4.78 is 33.2. The van der Waals surface area contributed by atoms with Crippen LogP contribution in [0, 0.1) is 11.3 Å². The molecule has 4 rings (SSSR count). The summed E-state index contributed by atoms with van der Waals surface area (Å²) in [4.78, 5) is 12.6. The van der Waals surface area contributed by atoms with E-state index in [-0.39, 0.29) is 22.1 Å². The van der Waals surface area contributed by atoms with Gasteiger partial charge in [-0.1, -0.05) is 29.8 Å². The predicted molar refractivity (Wildman–Crippen MR) is 122 cm³/mol. The number of nitriles is 1. The van der Waals surface area contributed by atoms with E-state index >= 15 is 0 Å². The third kappa shape index (κ3) is 4.26. The lowest BCUT2D eigenvalue weighted by atomic mass is 10.2. The Morgan fingerprint density at radius 1 is 1.12 bits per heavy atom. The Kier molecular flexibility index (Phi) is 6.04. The molecule has 0 unspecified atom stereocenters. The van der Waals surface area contributed by atoms with Gasteiger partial charge in [-0.05, 0) is 60.5 Å². The molecule has 1 N–H and O–H groups in total. The van der Waals surface area contributed by atoms with Gasteiger partial charge in [-0.25, -0.2) is 8.42 Å². The fourth-order valence-electron chi connectivity index (χ4n) is 3.47. The molecule has 3 aromatic carbocycles. The van der Waals surface area contributed by atoms with E-state index in [4.69, 9.17) is 21.6 Å². The van der Waals surface area contributed by atoms with Crippen molar-refractivity contribution in [2.45, 2.75) is 11.3 Å². The molecular weight excluding hydrogens is 450 g/mol. The Bertz CT molecular complexity index is 1320. The molecule has 0 aromatic heterocycles. The van der Waals surface area contributed by atoms with E-state index in [1.54, 1.807) is 36.4 Å². The first-order valence-corrected chi connectivity index (χ1v) is 11.5. The van der Waals surface area contributed by atoms with Gasteiger partial charge < -0.3 is 10.1 Å². The molecule has 9 heteroatoms. The molecule has 32 heavy (non-hydrogen) atoms. The second kappa shape index (κ2) is 8.91. The number of hydrogen-bond donors (Lipinski definition) is 1. The number of fused-ring (bicyclic) bond motifs is 1. The molecule has 0 saturated heterocycles. The van der Waals surface area contributed by atoms with E-state index < -0.39 is 15.9 Å². The molecule has 1 aliphatic heterocycles. The standard InChI is InChI=1S/C23H18ClN3O4S/c24-20-10-5-17(23(28)26-18-6-8-19(9-7-18)31-14-12-25)15-22(20)32(29,30)27-13-11-16-3-1-2-4-21(16)27/h1-10,15H,11,13-14H2,(H,26,28). The molecule has 162 valence electrons. The van der Waals surface area contributed by atoms with Crippen LogP contribution in [-0.4, -0.2) is 27.5 Å². The smallest absolute Gasteiger partial charge is 0.265 e. The normalized spacial score (nSPS) is 12.7. The predicted octanol–water partition coefficient (Wildman–Crippen LogP) is 4.25. The van der Waals surface area contributed by atoms with Crippen LogP contribution in [0.4, 0.5) is 11.4 Å². The van der Waals surface area contributed by atoms with Gasteiger partial charge in [0.25, 0.3) is 15.9 Å². The molecule has 1 heterocycles. The highest BCUT2D eigenvalue weighted by Gasteiger charge is 2.32. The first kappa shape index (κ1) is 21.7. The number of sulfonamides is 1. The van der Waals surface area contributed by atoms with Crippen molar-refractivity contribution in [2.24, 2.45) is 0 Å². The van der Waals surface area contributed by atoms with Gasteiger partial charge in [-0.15, -0.1) is 0 Å². The molecule has 0 bridgehead atoms. The summed E-state index contributed by atoms with van der Waals surface area (Å²) in [6, 6.07) is 19.8. The molecule has 0 fully saturated rings. The number of nitrogens with zero attached hydrogens (tertiary/aromatic N) is 2. The summed E-state index contributed by atoms with van der Waals surface area (Å²) in [5.41, 5.74) is 2.22. The molecule has 7 nitrogen and oxygen atoms in total. The molecule has 3 aromatic rings. The Balaban J connectivity index is 1.57. The number of carbonyl (C=O) groups is 1. The van der Waals surface area contributed by atoms with Gasteiger partial charge in [0.2, 0.25) is 0 Å². The van der Waals surface area contributed by atoms with Gasteiger partial charge in [0.15, 0.2) is 6.61 Å². The van der Waals surface area contributed by atoms with E-state index in [9.17, 15) is 13.2 Å². The van der Waals surface area contributed by atoms with Crippen LogP contribution in [0.3, 0.4) is 0 Å². The minimum atomic E-state index is -3.95. The third-order valence-corrected chi connectivity index (χ3v) is 7.32. The minimum Gasteiger partial charge on any atom is -0.479 e. The Morgan fingerprint density at radius 2 is 1.88 bits per heavy atom. The van der Waals surface area contributed by atoms with Gasteiger partial charge in [0.05, 0.1) is 10.7 Å². The second-order valence-corrected chi connectivity index (χ2v) is 9.26. The number of ether oxygens (including phenoxy) is 1. The van der Waals surface area contributed by atoms with Crippen molar-refractivity contribution in [1.82, 2.24) is 0 Å². The third-order valence-electron chi connectivity index (χ3n) is 5.02. The highest BCUT2D eigenvalue weighted by atomic mass is 35.5. The van der Waals surface area contributed by atoms with Crippen LogP contribution in [-0.2, 0) is 16.4 Å². The summed E-state index contributed by atoms with van der Waals surface area (Å²) in [5, 5.41) is 11.3. The first-order valence-electron chi connectivity index (χ1n) is 9.71. The maximum absolute atomic E-state index is 13.3. The van der Waals surface area contributed by atoms with Crippen LogP contribution in [0.15, 0.2) is 71.6 Å². The van der Waals surface area contributed by atoms with Crippen LogP contribution in [0.1, 0.15) is 15.9 Å². The van der Waals surface area contributed by atoms with E-state index in [2.05, 4.69) is 5.32 Å². The lowest BCUT2D eigenvalue weighted by Crippen LogP contribution is -2.29. The zero-order valence-electron chi connectivity index (χ0n) is 16.8. The zero-order chi connectivity index (χ0) is 22.7. The van der Waals surface area contributed by atoms with Gasteiger partial charge in [-0.3, -0.25) is 9.10 Å². The lowest BCUT2D eigenvalue weighted by Gasteiger charge is -2.20. The van der Waals surface area contributed by atoms with Crippen molar-refractivity contribution in [3.05, 3.63) is 82.9 Å². The topological polar surface area (TPSA) is 99.5 Å². The van der Waals surface area contributed by atoms with Crippen LogP contribution in [0.5, 0.6) is 5.75 Å². The number of benzene rings is 3. The molecular formula is C23H18ClN3O4S. The highest BCUT2D eigenvalue weighted by Crippen LogP contribution is 2.35. The van der Waals surface area contributed by atoms with Gasteiger partial charge in [0, 0.05) is 17.8 Å². The average molecular weight is 468 g/mol. The maximum atomic E-state index is 13.3. The van der Waals surface area contributed by atoms with Crippen molar-refractivity contribution in [2.75, 3.05) is 22.8 Å². The summed E-state index contributed by atoms with van der Waals surface area (Å²) >= 11 is 6.24. The second-order valence-electron chi connectivity index (χ2n) is 7.03. The van der Waals surface area contributed by atoms with Crippen molar-refractivity contribution in [3.63, 3.8) is 0 Å². The van der Waals surface area contributed by atoms with Gasteiger partial charge in [-0.2, -0.15) is 5.26 Å². The number of halogens is 1. The van der Waals surface area contributed by atoms with E-state index in [1.807, 2.05) is 18.2 Å². The number of hydrogen-bond acceptors (Lipinski definition) is 5. The SMILES string of the molecule is N#CCOc1ccc(NC(=O)c2ccc(Cl)c(S(=O)(=O)N3CCc4ccccc43)c2)cc1. The van der Waals surface area contributed by atoms with Gasteiger partial charge in [0.1, 0.15) is 16.7 Å². The fraction of sp³-hybridized carbons (Fsp3) is 0.130. The highest BCUT2D eigenvalue weighted by molar-refractivity contribution is 7.93. The van der Waals surface area contributed by atoms with E-state index in [0.717, 1.165) is 5.56 Å². The monoisotopic (exact) mass is 467 g/mol. The van der Waals surface area contributed by atoms with Crippen LogP contribution < -0.4 is 14.4 Å². The molecule has 0 aliphatic carbocycles. The van der Waals surface area contributed by atoms with E-state index in [0.29, 0.717) is 30.1 Å². The van der Waals surface area contributed by atoms with Gasteiger partial charge >= 0.3 is 0 Å². The Hall–Kier alpha value is -3.54. The van der Waals surface area contributed by atoms with Crippen molar-refractivity contribution < 1.29 is 17.9 Å². The molecule has 0 radical (unpaired) electrons. The summed E-state index contributed by atoms with van der Waals surface area (Å²) in [6.07, 6.45) is 0.612. The van der Waals surface area contributed by atoms with Crippen LogP contribution >= 0.6 is 11.6 Å². The molecule has 1 aliphatic rings. The minimum absolute atomic E-state index is 0.0462. The number of anilines is 2. The Labute approximate surface area is 190 Å². The summed E-state index contributed by atoms with van der Waals surface area (Å²) in [6.45, 7) is 0.240. The number of carbonyl (C=O) groups excluding carboxylic acids is 1. The first-order chi connectivity index (χ1) is 15.4. The van der Waals surface area contributed by atoms with Crippen molar-refractivity contribution >= 4 is 38.9 Å². The quantitative estimate of drug-likeness (QED) is 0.584. The number of rotatable bonds is 6. The van der Waals surface area contributed by atoms with Crippen molar-refractivity contribution in [3.8, 4) is 11.8 Å². The summed E-state index contributed by atoms with van der Waals surface area (Å²) in [7, 11) is -3.95. The number of para-hydroxylation sites is 1. The van der Waals surface area contributed by atoms with Crippen molar-refractivity contribution in [1.29, 1.82) is 5.26 Å². The fourth-order valence-corrected chi connectivity index (χ4v) is 5.48. The number of amides is 1. The number of nitrogens with one attached hydrogen (secondary N) is 1.